The lowest BCUT2D eigenvalue weighted by atomic mass is 10.2. The fourth-order valence-corrected chi connectivity index (χ4v) is 3.96. The molecule has 0 amide bonds. The molecule has 0 bridgehead atoms. The van der Waals surface area contributed by atoms with E-state index in [0.717, 1.165) is 5.56 Å². The lowest BCUT2D eigenvalue weighted by Crippen LogP contribution is -2.38. The van der Waals surface area contributed by atoms with Crippen molar-refractivity contribution >= 4 is 34.5 Å². The van der Waals surface area contributed by atoms with Gasteiger partial charge in [-0.3, -0.25) is 0 Å². The van der Waals surface area contributed by atoms with Gasteiger partial charge < -0.3 is 14.5 Å². The maximum atomic E-state index is 13.9. The fraction of sp³-hybridized carbons (Fsp3) is 0.474. The average Bonchev–Trinajstić information content (AvgIpc) is 3.32. The zero-order valence-electron chi connectivity index (χ0n) is 16.1. The Morgan fingerprint density at radius 2 is 1.87 bits per heavy atom. The Kier molecular flexibility index (Phi) is 4.90. The topological polar surface area (TPSA) is 72.2 Å². The van der Waals surface area contributed by atoms with E-state index in [2.05, 4.69) is 15.3 Å². The molecule has 1 aromatic carbocycles. The molecule has 158 valence electrons. The third-order valence-corrected chi connectivity index (χ3v) is 5.74. The quantitative estimate of drug-likeness (QED) is 0.623. The maximum Gasteiger partial charge on any atom is 0.266 e. The summed E-state index contributed by atoms with van der Waals surface area (Å²) in [5, 5.41) is 9.09. The van der Waals surface area contributed by atoms with Gasteiger partial charge in [-0.25, -0.2) is 13.5 Å². The second kappa shape index (κ2) is 7.59. The molecule has 0 N–H and O–H groups in total. The molecule has 30 heavy (non-hydrogen) atoms. The van der Waals surface area contributed by atoms with Crippen molar-refractivity contribution in [3.8, 4) is 0 Å². The van der Waals surface area contributed by atoms with Crippen LogP contribution >= 0.6 is 11.6 Å². The van der Waals surface area contributed by atoms with Crippen molar-refractivity contribution in [2.75, 3.05) is 49.2 Å². The molecule has 2 aromatic heterocycles. The normalized spacial score (nSPS) is 19.0. The minimum Gasteiger partial charge on any atom is -0.378 e. The minimum absolute atomic E-state index is 0.207. The molecule has 2 aliphatic rings. The van der Waals surface area contributed by atoms with E-state index in [1.807, 2.05) is 29.2 Å². The summed E-state index contributed by atoms with van der Waals surface area (Å²) in [6.07, 6.45) is -0.209. The molecule has 0 spiro atoms. The monoisotopic (exact) mass is 435 g/mol. The largest absolute Gasteiger partial charge is 0.378 e. The van der Waals surface area contributed by atoms with Crippen LogP contribution < -0.4 is 9.80 Å². The molecular formula is C19H20ClF2N7O. The molecule has 2 saturated heterocycles. The van der Waals surface area contributed by atoms with Gasteiger partial charge >= 0.3 is 0 Å². The van der Waals surface area contributed by atoms with Gasteiger partial charge in [0.2, 0.25) is 5.95 Å². The Balaban J connectivity index is 1.59. The summed E-state index contributed by atoms with van der Waals surface area (Å²) in [5.41, 5.74) is 1.78. The Morgan fingerprint density at radius 1 is 1.07 bits per heavy atom. The number of morpholine rings is 1. The van der Waals surface area contributed by atoms with Gasteiger partial charge in [0.05, 0.1) is 26.3 Å². The zero-order valence-corrected chi connectivity index (χ0v) is 16.9. The van der Waals surface area contributed by atoms with Gasteiger partial charge in [0.15, 0.2) is 17.0 Å². The second-order valence-corrected chi connectivity index (χ2v) is 7.89. The van der Waals surface area contributed by atoms with E-state index in [1.54, 1.807) is 9.58 Å². The van der Waals surface area contributed by atoms with Crippen LogP contribution in [0.2, 0.25) is 5.02 Å². The first-order valence-corrected chi connectivity index (χ1v) is 10.2. The smallest absolute Gasteiger partial charge is 0.266 e. The van der Waals surface area contributed by atoms with Gasteiger partial charge in [0.25, 0.3) is 5.92 Å². The SMILES string of the molecule is FC1(F)CCN(c2nc(N3CCOCC3)nc3c2nnn3Cc2ccccc2Cl)C1. The Hall–Kier alpha value is -2.59. The molecule has 11 heteroatoms. The molecule has 2 aliphatic heterocycles. The lowest BCUT2D eigenvalue weighted by Gasteiger charge is -2.28. The first-order chi connectivity index (χ1) is 14.5. The molecular weight excluding hydrogens is 416 g/mol. The first-order valence-electron chi connectivity index (χ1n) is 9.80. The van der Waals surface area contributed by atoms with Crippen LogP contribution in [0, 0.1) is 0 Å². The number of hydrogen-bond donors (Lipinski definition) is 0. The zero-order chi connectivity index (χ0) is 20.7. The van der Waals surface area contributed by atoms with Crippen molar-refractivity contribution in [1.29, 1.82) is 0 Å². The highest BCUT2D eigenvalue weighted by atomic mass is 35.5. The number of aromatic nitrogens is 5. The second-order valence-electron chi connectivity index (χ2n) is 7.48. The highest BCUT2D eigenvalue weighted by Crippen LogP contribution is 2.34. The summed E-state index contributed by atoms with van der Waals surface area (Å²) in [5.74, 6) is -1.88. The number of alkyl halides is 2. The van der Waals surface area contributed by atoms with Crippen molar-refractivity contribution in [3.63, 3.8) is 0 Å². The van der Waals surface area contributed by atoms with E-state index in [-0.39, 0.29) is 19.5 Å². The van der Waals surface area contributed by atoms with Crippen molar-refractivity contribution < 1.29 is 13.5 Å². The molecule has 5 rings (SSSR count). The molecule has 0 saturated carbocycles. The van der Waals surface area contributed by atoms with Crippen molar-refractivity contribution in [3.05, 3.63) is 34.9 Å². The molecule has 4 heterocycles. The summed E-state index contributed by atoms with van der Waals surface area (Å²) in [7, 11) is 0. The van der Waals surface area contributed by atoms with Crippen molar-refractivity contribution in [2.24, 2.45) is 0 Å². The van der Waals surface area contributed by atoms with Crippen LogP contribution in [0.15, 0.2) is 24.3 Å². The number of rotatable bonds is 4. The van der Waals surface area contributed by atoms with Crippen LogP contribution in [0.3, 0.4) is 0 Å². The van der Waals surface area contributed by atoms with E-state index >= 15 is 0 Å². The standard InChI is InChI=1S/C19H20ClF2N7O/c20-14-4-2-1-3-13(14)11-29-17-15(25-26-29)16(28-6-5-19(21,22)12-28)23-18(24-17)27-7-9-30-10-8-27/h1-4H,5-12H2. The lowest BCUT2D eigenvalue weighted by molar-refractivity contribution is 0.0257. The number of hydrogen-bond acceptors (Lipinski definition) is 7. The third-order valence-electron chi connectivity index (χ3n) is 5.37. The van der Waals surface area contributed by atoms with Gasteiger partial charge in [-0.05, 0) is 11.6 Å². The fourth-order valence-electron chi connectivity index (χ4n) is 3.77. The van der Waals surface area contributed by atoms with E-state index in [0.29, 0.717) is 60.8 Å². The van der Waals surface area contributed by atoms with Crippen molar-refractivity contribution in [2.45, 2.75) is 18.9 Å². The number of anilines is 2. The number of halogens is 3. The predicted octanol–water partition coefficient (Wildman–Crippen LogP) is 2.61. The highest BCUT2D eigenvalue weighted by molar-refractivity contribution is 6.31. The molecule has 0 atom stereocenters. The Labute approximate surface area is 176 Å². The van der Waals surface area contributed by atoms with Crippen LogP contribution in [0.5, 0.6) is 0 Å². The van der Waals surface area contributed by atoms with E-state index in [4.69, 9.17) is 21.3 Å². The van der Waals surface area contributed by atoms with Gasteiger partial charge in [0, 0.05) is 31.1 Å². The summed E-state index contributed by atoms with van der Waals surface area (Å²) >= 11 is 6.30. The number of nitrogens with zero attached hydrogens (tertiary/aromatic N) is 7. The molecule has 2 fully saturated rings. The van der Waals surface area contributed by atoms with Gasteiger partial charge in [-0.1, -0.05) is 35.0 Å². The summed E-state index contributed by atoms with van der Waals surface area (Å²) < 4.78 is 34.9. The number of fused-ring (bicyclic) bond motifs is 1. The summed E-state index contributed by atoms with van der Waals surface area (Å²) in [6, 6.07) is 7.46. The third kappa shape index (κ3) is 3.65. The van der Waals surface area contributed by atoms with Gasteiger partial charge in [-0.15, -0.1) is 5.10 Å². The van der Waals surface area contributed by atoms with Crippen LogP contribution in [-0.4, -0.2) is 70.3 Å². The molecule has 0 unspecified atom stereocenters. The first kappa shape index (κ1) is 19.4. The van der Waals surface area contributed by atoms with Crippen LogP contribution in [0.1, 0.15) is 12.0 Å². The minimum atomic E-state index is -2.75. The predicted molar refractivity (Wildman–Crippen MR) is 108 cm³/mol. The van der Waals surface area contributed by atoms with E-state index in [1.165, 1.54) is 0 Å². The van der Waals surface area contributed by atoms with Crippen LogP contribution in [-0.2, 0) is 11.3 Å². The van der Waals surface area contributed by atoms with Crippen LogP contribution in [0.4, 0.5) is 20.5 Å². The number of ether oxygens (including phenoxy) is 1. The summed E-state index contributed by atoms with van der Waals surface area (Å²) in [6.45, 7) is 2.58. The van der Waals surface area contributed by atoms with Crippen LogP contribution in [0.25, 0.3) is 11.2 Å². The number of benzene rings is 1. The van der Waals surface area contributed by atoms with Gasteiger partial charge in [-0.2, -0.15) is 9.97 Å². The summed E-state index contributed by atoms with van der Waals surface area (Å²) in [4.78, 5) is 12.9. The highest BCUT2D eigenvalue weighted by Gasteiger charge is 2.40. The maximum absolute atomic E-state index is 13.9. The Morgan fingerprint density at radius 3 is 2.60 bits per heavy atom. The van der Waals surface area contributed by atoms with Gasteiger partial charge in [0.1, 0.15) is 0 Å². The van der Waals surface area contributed by atoms with E-state index < -0.39 is 5.92 Å². The molecule has 3 aromatic rings. The van der Waals surface area contributed by atoms with Crippen molar-refractivity contribution in [1.82, 2.24) is 25.0 Å². The molecule has 0 aliphatic carbocycles. The Bertz CT molecular complexity index is 1070. The molecule has 8 nitrogen and oxygen atoms in total. The van der Waals surface area contributed by atoms with E-state index in [9.17, 15) is 8.78 Å². The average molecular weight is 436 g/mol. The molecule has 0 radical (unpaired) electrons.